The van der Waals surface area contributed by atoms with Gasteiger partial charge >= 0.3 is 6.18 Å². The van der Waals surface area contributed by atoms with Gasteiger partial charge in [-0.1, -0.05) is 0 Å². The Kier molecular flexibility index (Phi) is 6.78. The fourth-order valence-corrected chi connectivity index (χ4v) is 1.73. The predicted molar refractivity (Wildman–Crippen MR) is 82.1 cm³/mol. The third-order valence-corrected chi connectivity index (χ3v) is 2.36. The van der Waals surface area contributed by atoms with Crippen LogP contribution in [0, 0.1) is 0 Å². The molecule has 0 aliphatic rings. The van der Waals surface area contributed by atoms with E-state index in [2.05, 4.69) is 10.1 Å². The van der Waals surface area contributed by atoms with Gasteiger partial charge in [0.1, 0.15) is 0 Å². The van der Waals surface area contributed by atoms with Gasteiger partial charge in [0.15, 0.2) is 11.7 Å². The molecule has 0 saturated heterocycles. The maximum absolute atomic E-state index is 12.8. The average molecular weight is 405 g/mol. The largest absolute Gasteiger partial charge is 0.435 e. The van der Waals surface area contributed by atoms with E-state index in [1.165, 1.54) is 13.2 Å². The lowest BCUT2D eigenvalue weighted by Gasteiger charge is -2.22. The van der Waals surface area contributed by atoms with E-state index in [-0.39, 0.29) is 36.1 Å². The van der Waals surface area contributed by atoms with Crippen LogP contribution in [0.1, 0.15) is 11.3 Å². The normalized spacial score (nSPS) is 10.8. The molecule has 0 aliphatic carbocycles. The topological polar surface area (TPSA) is 36.7 Å². The molecule has 9 heteroatoms. The van der Waals surface area contributed by atoms with Crippen molar-refractivity contribution in [1.29, 1.82) is 0 Å². The van der Waals surface area contributed by atoms with Gasteiger partial charge in [0, 0.05) is 47.0 Å². The standard InChI is InChI=1S/C11H18F3N5.HI/c1-17(2)10(18(3)4)15-6-8-7-19(5)16-9(8)11(12,13)14;/h7H,6H2,1-5H3;1H. The van der Waals surface area contributed by atoms with Gasteiger partial charge in [-0.05, 0) is 0 Å². The monoisotopic (exact) mass is 405 g/mol. The van der Waals surface area contributed by atoms with Gasteiger partial charge in [0.25, 0.3) is 0 Å². The van der Waals surface area contributed by atoms with Crippen LogP contribution in [0.15, 0.2) is 11.2 Å². The van der Waals surface area contributed by atoms with Crippen molar-refractivity contribution in [2.75, 3.05) is 28.2 Å². The number of nitrogens with zero attached hydrogens (tertiary/aromatic N) is 5. The van der Waals surface area contributed by atoms with Crippen LogP contribution in [0.2, 0.25) is 0 Å². The zero-order valence-corrected chi connectivity index (χ0v) is 14.4. The number of hydrogen-bond donors (Lipinski definition) is 0. The highest BCUT2D eigenvalue weighted by Crippen LogP contribution is 2.30. The van der Waals surface area contributed by atoms with Crippen LogP contribution >= 0.6 is 24.0 Å². The Morgan fingerprint density at radius 1 is 1.25 bits per heavy atom. The number of guanidine groups is 1. The van der Waals surface area contributed by atoms with E-state index in [9.17, 15) is 13.2 Å². The third kappa shape index (κ3) is 4.84. The first-order valence-electron chi connectivity index (χ1n) is 5.61. The first-order valence-corrected chi connectivity index (χ1v) is 5.61. The van der Waals surface area contributed by atoms with Gasteiger partial charge in [0.2, 0.25) is 0 Å². The average Bonchev–Trinajstić information content (AvgIpc) is 2.58. The fourth-order valence-electron chi connectivity index (χ4n) is 1.73. The highest BCUT2D eigenvalue weighted by atomic mass is 127. The second kappa shape index (κ2) is 7.14. The van der Waals surface area contributed by atoms with Gasteiger partial charge in [-0.15, -0.1) is 24.0 Å². The Morgan fingerprint density at radius 2 is 1.75 bits per heavy atom. The van der Waals surface area contributed by atoms with Gasteiger partial charge in [-0.2, -0.15) is 18.3 Å². The molecular formula is C11H19F3IN5. The van der Waals surface area contributed by atoms with E-state index in [1.807, 2.05) is 0 Å². The quantitative estimate of drug-likeness (QED) is 0.430. The van der Waals surface area contributed by atoms with E-state index in [4.69, 9.17) is 0 Å². The lowest BCUT2D eigenvalue weighted by molar-refractivity contribution is -0.142. The number of alkyl halides is 3. The van der Waals surface area contributed by atoms with Gasteiger partial charge in [-0.25, -0.2) is 4.99 Å². The molecule has 0 amide bonds. The summed E-state index contributed by atoms with van der Waals surface area (Å²) in [4.78, 5) is 7.68. The Morgan fingerprint density at radius 3 is 2.15 bits per heavy atom. The van der Waals surface area contributed by atoms with E-state index in [1.54, 1.807) is 38.0 Å². The van der Waals surface area contributed by atoms with Crippen molar-refractivity contribution in [3.05, 3.63) is 17.5 Å². The Hall–Kier alpha value is -1.00. The van der Waals surface area contributed by atoms with Crippen molar-refractivity contribution < 1.29 is 13.2 Å². The molecule has 0 N–H and O–H groups in total. The van der Waals surface area contributed by atoms with Crippen LogP contribution in [0.5, 0.6) is 0 Å². The van der Waals surface area contributed by atoms with Crippen molar-refractivity contribution in [3.63, 3.8) is 0 Å². The molecule has 0 atom stereocenters. The van der Waals surface area contributed by atoms with Crippen LogP contribution in [0.4, 0.5) is 13.2 Å². The third-order valence-electron chi connectivity index (χ3n) is 2.36. The smallest absolute Gasteiger partial charge is 0.349 e. The Labute approximate surface area is 133 Å². The number of hydrogen-bond acceptors (Lipinski definition) is 2. The molecule has 0 unspecified atom stereocenters. The first-order chi connectivity index (χ1) is 8.62. The number of rotatable bonds is 2. The minimum atomic E-state index is -4.46. The molecule has 5 nitrogen and oxygen atoms in total. The van der Waals surface area contributed by atoms with Gasteiger partial charge in [0.05, 0.1) is 6.54 Å². The summed E-state index contributed by atoms with van der Waals surface area (Å²) in [6.45, 7) is -0.0611. The van der Waals surface area contributed by atoms with Crippen LogP contribution in [-0.2, 0) is 19.8 Å². The maximum Gasteiger partial charge on any atom is 0.435 e. The summed E-state index contributed by atoms with van der Waals surface area (Å²) < 4.78 is 39.4. The molecule has 0 radical (unpaired) electrons. The molecule has 1 rings (SSSR count). The number of aromatic nitrogens is 2. The predicted octanol–water partition coefficient (Wildman–Crippen LogP) is 2.04. The van der Waals surface area contributed by atoms with Crippen LogP contribution in [-0.4, -0.2) is 53.7 Å². The molecular weight excluding hydrogens is 386 g/mol. The maximum atomic E-state index is 12.8. The molecule has 0 saturated carbocycles. The number of aliphatic imine (C=N–C) groups is 1. The minimum Gasteiger partial charge on any atom is -0.349 e. The van der Waals surface area contributed by atoms with Gasteiger partial charge in [-0.3, -0.25) is 4.68 Å². The molecule has 0 spiro atoms. The van der Waals surface area contributed by atoms with Crippen molar-refractivity contribution in [3.8, 4) is 0 Å². The second-order valence-corrected chi connectivity index (χ2v) is 4.58. The van der Waals surface area contributed by atoms with Crippen molar-refractivity contribution in [1.82, 2.24) is 19.6 Å². The fraction of sp³-hybridized carbons (Fsp3) is 0.636. The molecule has 20 heavy (non-hydrogen) atoms. The number of halogens is 4. The van der Waals surface area contributed by atoms with Crippen LogP contribution in [0.25, 0.3) is 0 Å². The first kappa shape index (κ1) is 19.0. The van der Waals surface area contributed by atoms with Gasteiger partial charge < -0.3 is 9.80 Å². The summed E-state index contributed by atoms with van der Waals surface area (Å²) in [6, 6.07) is 0. The lowest BCUT2D eigenvalue weighted by atomic mass is 10.2. The summed E-state index contributed by atoms with van der Waals surface area (Å²) in [5.74, 6) is 0.594. The Bertz CT molecular complexity index is 455. The van der Waals surface area contributed by atoms with E-state index >= 15 is 0 Å². The highest BCUT2D eigenvalue weighted by Gasteiger charge is 2.36. The van der Waals surface area contributed by atoms with Crippen LogP contribution in [0.3, 0.4) is 0 Å². The molecule has 0 aliphatic heterocycles. The second-order valence-electron chi connectivity index (χ2n) is 4.58. The summed E-state index contributed by atoms with van der Waals surface area (Å²) in [5.41, 5.74) is -0.813. The van der Waals surface area contributed by atoms with Crippen LogP contribution < -0.4 is 0 Å². The SMILES string of the molecule is CN(C)C(=NCc1cn(C)nc1C(F)(F)F)N(C)C.I. The minimum absolute atomic E-state index is 0. The molecule has 116 valence electrons. The zero-order chi connectivity index (χ0) is 14.8. The van der Waals surface area contributed by atoms with E-state index < -0.39 is 11.9 Å². The summed E-state index contributed by atoms with van der Waals surface area (Å²) in [7, 11) is 8.60. The molecule has 0 bridgehead atoms. The summed E-state index contributed by atoms with van der Waals surface area (Å²) in [5, 5.41) is 3.44. The summed E-state index contributed by atoms with van der Waals surface area (Å²) in [6.07, 6.45) is -3.11. The molecule has 0 aromatic carbocycles. The Balaban J connectivity index is 0.00000361. The van der Waals surface area contributed by atoms with Crippen molar-refractivity contribution >= 4 is 29.9 Å². The lowest BCUT2D eigenvalue weighted by Crippen LogP contribution is -2.35. The summed E-state index contributed by atoms with van der Waals surface area (Å²) >= 11 is 0. The highest BCUT2D eigenvalue weighted by molar-refractivity contribution is 14.0. The molecule has 1 heterocycles. The van der Waals surface area contributed by atoms with Crippen molar-refractivity contribution in [2.45, 2.75) is 12.7 Å². The number of aryl methyl sites for hydroxylation is 1. The zero-order valence-electron chi connectivity index (χ0n) is 12.1. The molecule has 1 aromatic rings. The van der Waals surface area contributed by atoms with Crippen molar-refractivity contribution in [2.24, 2.45) is 12.0 Å². The van der Waals surface area contributed by atoms with E-state index in [0.29, 0.717) is 5.96 Å². The molecule has 0 fully saturated rings. The molecule has 1 aromatic heterocycles. The van der Waals surface area contributed by atoms with E-state index in [0.717, 1.165) is 4.68 Å².